The fourth-order valence-corrected chi connectivity index (χ4v) is 2.69. The first-order valence-electron chi connectivity index (χ1n) is 7.65. The quantitative estimate of drug-likeness (QED) is 0.500. The Morgan fingerprint density at radius 3 is 2.08 bits per heavy atom. The molecule has 1 heterocycles. The third kappa shape index (κ3) is 3.29. The van der Waals surface area contributed by atoms with E-state index in [1.54, 1.807) is 4.90 Å². The number of amides is 2. The summed E-state index contributed by atoms with van der Waals surface area (Å²) in [4.78, 5) is 16.2. The molecule has 0 bridgehead atoms. The smallest absolute Gasteiger partial charge is 0.321 e. The molecule has 24 heavy (non-hydrogen) atoms. The van der Waals surface area contributed by atoms with Gasteiger partial charge in [0.1, 0.15) is 0 Å². The number of benzene rings is 2. The van der Waals surface area contributed by atoms with Crippen LogP contribution in [0.5, 0.6) is 17.2 Å². The molecule has 1 aliphatic rings. The predicted octanol–water partition coefficient (Wildman–Crippen LogP) is 2.16. The third-order valence-corrected chi connectivity index (χ3v) is 4.01. The molecule has 7 nitrogen and oxygen atoms in total. The van der Waals surface area contributed by atoms with Gasteiger partial charge in [-0.2, -0.15) is 0 Å². The number of nitrogens with zero attached hydrogens (tertiary/aromatic N) is 2. The molecule has 126 valence electrons. The van der Waals surface area contributed by atoms with E-state index < -0.39 is 17.2 Å². The second kappa shape index (κ2) is 6.57. The average Bonchev–Trinajstić information content (AvgIpc) is 2.60. The number of aromatic hydroxyl groups is 3. The summed E-state index contributed by atoms with van der Waals surface area (Å²) < 4.78 is 0. The Labute approximate surface area is 139 Å². The van der Waals surface area contributed by atoms with Gasteiger partial charge in [-0.25, -0.2) is 4.79 Å². The van der Waals surface area contributed by atoms with Crippen molar-refractivity contribution in [2.45, 2.75) is 0 Å². The van der Waals surface area contributed by atoms with Gasteiger partial charge in [-0.05, 0) is 12.1 Å². The summed E-state index contributed by atoms with van der Waals surface area (Å²) >= 11 is 0. The van der Waals surface area contributed by atoms with Gasteiger partial charge in [-0.15, -0.1) is 0 Å². The van der Waals surface area contributed by atoms with Crippen LogP contribution in [0.4, 0.5) is 16.2 Å². The first-order valence-corrected chi connectivity index (χ1v) is 7.65. The van der Waals surface area contributed by atoms with Crippen LogP contribution in [0.2, 0.25) is 0 Å². The number of hydrogen-bond donors (Lipinski definition) is 4. The van der Waals surface area contributed by atoms with E-state index in [4.69, 9.17) is 0 Å². The van der Waals surface area contributed by atoms with E-state index in [1.807, 2.05) is 30.3 Å². The third-order valence-electron chi connectivity index (χ3n) is 4.01. The molecule has 1 aliphatic heterocycles. The Morgan fingerprint density at radius 2 is 1.50 bits per heavy atom. The molecule has 0 aromatic heterocycles. The van der Waals surface area contributed by atoms with Crippen molar-refractivity contribution in [1.29, 1.82) is 0 Å². The number of rotatable bonds is 2. The standard InChI is InChI=1S/C17H19N3O4/c21-14-10-12(11-15(22)16(14)23)18-17(24)20-8-6-19(7-9-20)13-4-2-1-3-5-13/h1-5,10-11,21-23H,6-9H2,(H,18,24). The van der Waals surface area contributed by atoms with Crippen molar-refractivity contribution in [3.63, 3.8) is 0 Å². The van der Waals surface area contributed by atoms with Gasteiger partial charge in [0.15, 0.2) is 17.2 Å². The van der Waals surface area contributed by atoms with Crippen molar-refractivity contribution in [1.82, 2.24) is 4.90 Å². The fourth-order valence-electron chi connectivity index (χ4n) is 2.69. The monoisotopic (exact) mass is 329 g/mol. The maximum absolute atomic E-state index is 12.3. The van der Waals surface area contributed by atoms with Crippen LogP contribution in [0.1, 0.15) is 0 Å². The van der Waals surface area contributed by atoms with Gasteiger partial charge in [0.25, 0.3) is 0 Å². The zero-order valence-corrected chi connectivity index (χ0v) is 13.0. The van der Waals surface area contributed by atoms with Gasteiger partial charge in [0, 0.05) is 44.0 Å². The number of carbonyl (C=O) groups is 1. The van der Waals surface area contributed by atoms with Crippen molar-refractivity contribution in [3.05, 3.63) is 42.5 Å². The highest BCUT2D eigenvalue weighted by Crippen LogP contribution is 2.37. The normalized spacial score (nSPS) is 14.5. The van der Waals surface area contributed by atoms with Crippen LogP contribution in [0.3, 0.4) is 0 Å². The van der Waals surface area contributed by atoms with Gasteiger partial charge in [0.05, 0.1) is 5.69 Å². The molecule has 0 radical (unpaired) electrons. The van der Waals surface area contributed by atoms with E-state index >= 15 is 0 Å². The lowest BCUT2D eigenvalue weighted by molar-refractivity contribution is 0.208. The number of carbonyl (C=O) groups excluding carboxylic acids is 1. The van der Waals surface area contributed by atoms with Gasteiger partial charge < -0.3 is 30.4 Å². The van der Waals surface area contributed by atoms with Gasteiger partial charge >= 0.3 is 6.03 Å². The molecule has 2 amide bonds. The molecule has 1 saturated heterocycles. The lowest BCUT2D eigenvalue weighted by Crippen LogP contribution is -2.50. The Morgan fingerprint density at radius 1 is 0.917 bits per heavy atom. The highest BCUT2D eigenvalue weighted by atomic mass is 16.3. The molecule has 2 aromatic rings. The minimum Gasteiger partial charge on any atom is -0.504 e. The number of urea groups is 1. The van der Waals surface area contributed by atoms with Crippen molar-refractivity contribution in [2.75, 3.05) is 36.4 Å². The Hall–Kier alpha value is -3.09. The van der Waals surface area contributed by atoms with Crippen LogP contribution in [-0.4, -0.2) is 52.4 Å². The van der Waals surface area contributed by atoms with Gasteiger partial charge in [-0.1, -0.05) is 18.2 Å². The number of phenolic OH excluding ortho intramolecular Hbond substituents is 3. The second-order valence-corrected chi connectivity index (χ2v) is 5.60. The van der Waals surface area contributed by atoms with Gasteiger partial charge in [-0.3, -0.25) is 0 Å². The fraction of sp³-hybridized carbons (Fsp3) is 0.235. The van der Waals surface area contributed by atoms with Crippen molar-refractivity contribution in [2.24, 2.45) is 0 Å². The van der Waals surface area contributed by atoms with E-state index in [9.17, 15) is 20.1 Å². The summed E-state index contributed by atoms with van der Waals surface area (Å²) in [5, 5.41) is 30.9. The molecule has 0 atom stereocenters. The van der Waals surface area contributed by atoms with Gasteiger partial charge in [0.2, 0.25) is 0 Å². The molecule has 0 saturated carbocycles. The summed E-state index contributed by atoms with van der Waals surface area (Å²) in [6, 6.07) is 12.1. The highest BCUT2D eigenvalue weighted by Gasteiger charge is 2.21. The number of nitrogens with one attached hydrogen (secondary N) is 1. The highest BCUT2D eigenvalue weighted by molar-refractivity contribution is 5.90. The largest absolute Gasteiger partial charge is 0.504 e. The zero-order valence-electron chi connectivity index (χ0n) is 13.0. The minimum absolute atomic E-state index is 0.221. The SMILES string of the molecule is O=C(Nc1cc(O)c(O)c(O)c1)N1CCN(c2ccccc2)CC1. The van der Waals surface area contributed by atoms with E-state index in [0.29, 0.717) is 13.1 Å². The molecular formula is C17H19N3O4. The topological polar surface area (TPSA) is 96.3 Å². The maximum atomic E-state index is 12.3. The summed E-state index contributed by atoms with van der Waals surface area (Å²) in [6.45, 7) is 2.58. The van der Waals surface area contributed by atoms with Crippen LogP contribution in [-0.2, 0) is 0 Å². The number of anilines is 2. The number of phenols is 3. The number of para-hydroxylation sites is 1. The van der Waals surface area contributed by atoms with Crippen LogP contribution in [0.25, 0.3) is 0 Å². The summed E-state index contributed by atoms with van der Waals surface area (Å²) in [5.41, 5.74) is 1.35. The maximum Gasteiger partial charge on any atom is 0.321 e. The molecule has 0 aliphatic carbocycles. The minimum atomic E-state index is -0.607. The van der Waals surface area contributed by atoms with E-state index in [2.05, 4.69) is 10.2 Å². The molecule has 0 unspecified atom stereocenters. The molecule has 1 fully saturated rings. The van der Waals surface area contributed by atoms with E-state index in [-0.39, 0.29) is 11.7 Å². The number of piperazine rings is 1. The summed E-state index contributed by atoms with van der Waals surface area (Å²) in [6.07, 6.45) is 0. The Bertz CT molecular complexity index is 705. The van der Waals surface area contributed by atoms with Crippen LogP contribution >= 0.6 is 0 Å². The summed E-state index contributed by atoms with van der Waals surface area (Å²) in [7, 11) is 0. The van der Waals surface area contributed by atoms with Crippen LogP contribution in [0, 0.1) is 0 Å². The van der Waals surface area contributed by atoms with Crippen molar-refractivity contribution < 1.29 is 20.1 Å². The van der Waals surface area contributed by atoms with E-state index in [0.717, 1.165) is 18.8 Å². The van der Waals surface area contributed by atoms with Crippen molar-refractivity contribution >= 4 is 17.4 Å². The van der Waals surface area contributed by atoms with Crippen molar-refractivity contribution in [3.8, 4) is 17.2 Å². The first kappa shape index (κ1) is 15.8. The summed E-state index contributed by atoms with van der Waals surface area (Å²) in [5.74, 6) is -1.58. The Balaban J connectivity index is 1.59. The Kier molecular flexibility index (Phi) is 4.33. The molecule has 3 rings (SSSR count). The average molecular weight is 329 g/mol. The second-order valence-electron chi connectivity index (χ2n) is 5.60. The number of hydrogen-bond acceptors (Lipinski definition) is 5. The molecule has 2 aromatic carbocycles. The lowest BCUT2D eigenvalue weighted by Gasteiger charge is -2.36. The molecule has 7 heteroatoms. The lowest BCUT2D eigenvalue weighted by atomic mass is 10.2. The first-order chi connectivity index (χ1) is 11.5. The zero-order chi connectivity index (χ0) is 17.1. The predicted molar refractivity (Wildman–Crippen MR) is 90.7 cm³/mol. The molecule has 0 spiro atoms. The van der Waals surface area contributed by atoms with E-state index in [1.165, 1.54) is 12.1 Å². The van der Waals surface area contributed by atoms with Crippen LogP contribution in [0.15, 0.2) is 42.5 Å². The molecular weight excluding hydrogens is 310 g/mol. The molecule has 4 N–H and O–H groups in total. The van der Waals surface area contributed by atoms with Crippen LogP contribution < -0.4 is 10.2 Å².